The highest BCUT2D eigenvalue weighted by atomic mass is 16.6. The van der Waals surface area contributed by atoms with Gasteiger partial charge in [-0.1, -0.05) is 60.1 Å². The quantitative estimate of drug-likeness (QED) is 0.602. The smallest absolute Gasteiger partial charge is 0.410 e. The topological polar surface area (TPSA) is 75.7 Å². The fourth-order valence-corrected chi connectivity index (χ4v) is 3.19. The molecule has 0 bridgehead atoms. The summed E-state index contributed by atoms with van der Waals surface area (Å²) in [5.74, 6) is -0.487. The van der Waals surface area contributed by atoms with Crippen molar-refractivity contribution in [3.63, 3.8) is 0 Å². The number of amides is 2. The lowest BCUT2D eigenvalue weighted by atomic mass is 9.94. The number of hydrogen-bond acceptors (Lipinski definition) is 4. The molecule has 1 heterocycles. The van der Waals surface area contributed by atoms with Crippen LogP contribution in [-0.2, 0) is 16.1 Å². The van der Waals surface area contributed by atoms with Gasteiger partial charge in [-0.3, -0.25) is 14.5 Å². The molecule has 1 atom stereocenters. The minimum Gasteiger partial charge on any atom is -0.445 e. The molecule has 2 aromatic rings. The molecule has 6 nitrogen and oxygen atoms in total. The van der Waals surface area contributed by atoms with Crippen molar-refractivity contribution in [3.8, 4) is 0 Å². The molecule has 1 N–H and O–H groups in total. The molecule has 0 spiro atoms. The Morgan fingerprint density at radius 3 is 2.50 bits per heavy atom. The molecule has 144 valence electrons. The maximum absolute atomic E-state index is 12.5. The summed E-state index contributed by atoms with van der Waals surface area (Å²) in [6.07, 6.45) is 0.779. The molecule has 0 aromatic heterocycles. The average Bonchev–Trinajstić information content (AvgIpc) is 3.21. The molecule has 2 amide bonds. The zero-order valence-electron chi connectivity index (χ0n) is 15.9. The highest BCUT2D eigenvalue weighted by Crippen LogP contribution is 2.19. The van der Waals surface area contributed by atoms with Crippen LogP contribution in [0.4, 0.5) is 4.79 Å². The number of benzene rings is 2. The van der Waals surface area contributed by atoms with Gasteiger partial charge >= 0.3 is 6.09 Å². The van der Waals surface area contributed by atoms with Crippen molar-refractivity contribution in [1.29, 1.82) is 0 Å². The minimum atomic E-state index is -0.603. The molecule has 1 fully saturated rings. The Morgan fingerprint density at radius 2 is 1.79 bits per heavy atom. The first-order chi connectivity index (χ1) is 13.5. The number of hydrogen-bond donors (Lipinski definition) is 1. The Morgan fingerprint density at radius 1 is 1.07 bits per heavy atom. The first kappa shape index (κ1) is 19.7. The number of ether oxygens (including phenoxy) is 1. The van der Waals surface area contributed by atoms with E-state index in [0.29, 0.717) is 18.5 Å². The summed E-state index contributed by atoms with van der Waals surface area (Å²) in [6, 6.07) is 16.0. The summed E-state index contributed by atoms with van der Waals surface area (Å²) in [5, 5.41) is 2.66. The first-order valence-corrected chi connectivity index (χ1v) is 9.39. The third-order valence-corrected chi connectivity index (χ3v) is 4.79. The Hall–Kier alpha value is -3.09. The summed E-state index contributed by atoms with van der Waals surface area (Å²) >= 11 is 0. The van der Waals surface area contributed by atoms with Gasteiger partial charge in [-0.25, -0.2) is 4.79 Å². The van der Waals surface area contributed by atoms with Crippen LogP contribution in [0.1, 0.15) is 28.8 Å². The van der Waals surface area contributed by atoms with Crippen molar-refractivity contribution in [2.24, 2.45) is 0 Å². The van der Waals surface area contributed by atoms with Gasteiger partial charge in [0.25, 0.3) is 0 Å². The predicted octanol–water partition coefficient (Wildman–Crippen LogP) is 1.05. The van der Waals surface area contributed by atoms with Gasteiger partial charge in [0.2, 0.25) is 5.91 Å². The molecule has 0 unspecified atom stereocenters. The number of Topliss-reactive ketones (excluding diaryl/α,β-unsaturated/α-hetero) is 1. The van der Waals surface area contributed by atoms with Gasteiger partial charge in [-0.15, -0.1) is 0 Å². The van der Waals surface area contributed by atoms with Crippen molar-refractivity contribution in [1.82, 2.24) is 10.2 Å². The zero-order chi connectivity index (χ0) is 19.9. The standard InChI is InChI=1S/C21H23BN2O4/c22-17-10-8-16(9-11-17)19(25)13-23-20(26)18-7-4-12-24(18)21(27)28-14-15-5-2-1-3-6-15/h1-3,5-6,8-11,18H,4,7,12-14,22H2,(H,23,26)/t18-/m0/s1. The second-order valence-electron chi connectivity index (χ2n) is 6.90. The Kier molecular flexibility index (Phi) is 6.47. The van der Waals surface area contributed by atoms with E-state index in [2.05, 4.69) is 5.32 Å². The number of ketones is 1. The fraction of sp³-hybridized carbons (Fsp3) is 0.286. The predicted molar refractivity (Wildman–Crippen MR) is 108 cm³/mol. The van der Waals surface area contributed by atoms with Gasteiger partial charge in [0.15, 0.2) is 5.78 Å². The Labute approximate surface area is 165 Å². The van der Waals surface area contributed by atoms with E-state index in [1.807, 2.05) is 50.3 Å². The molecular weight excluding hydrogens is 355 g/mol. The molecule has 0 aliphatic carbocycles. The highest BCUT2D eigenvalue weighted by Gasteiger charge is 2.35. The summed E-state index contributed by atoms with van der Waals surface area (Å²) in [7, 11) is 1.95. The normalized spacial score (nSPS) is 15.9. The number of carbonyl (C=O) groups excluding carboxylic acids is 3. The fourth-order valence-electron chi connectivity index (χ4n) is 3.19. The molecule has 2 aromatic carbocycles. The second-order valence-corrected chi connectivity index (χ2v) is 6.90. The highest BCUT2D eigenvalue weighted by molar-refractivity contribution is 6.32. The summed E-state index contributed by atoms with van der Waals surface area (Å²) < 4.78 is 5.34. The van der Waals surface area contributed by atoms with E-state index >= 15 is 0 Å². The van der Waals surface area contributed by atoms with Crippen molar-refractivity contribution in [3.05, 3.63) is 65.7 Å². The Bertz CT molecular complexity index is 839. The third-order valence-electron chi connectivity index (χ3n) is 4.79. The Balaban J connectivity index is 1.51. The maximum Gasteiger partial charge on any atom is 0.410 e. The SMILES string of the molecule is Bc1ccc(C(=O)CNC(=O)[C@@H]2CCCN2C(=O)OCc2ccccc2)cc1. The number of nitrogens with one attached hydrogen (secondary N) is 1. The van der Waals surface area contributed by atoms with E-state index < -0.39 is 12.1 Å². The van der Waals surface area contributed by atoms with Crippen molar-refractivity contribution >= 4 is 31.1 Å². The lowest BCUT2D eigenvalue weighted by Gasteiger charge is -2.23. The van der Waals surface area contributed by atoms with E-state index in [9.17, 15) is 14.4 Å². The molecular formula is C21H23BN2O4. The van der Waals surface area contributed by atoms with Crippen molar-refractivity contribution < 1.29 is 19.1 Å². The number of likely N-dealkylation sites (tertiary alicyclic amines) is 1. The molecule has 1 aliphatic heterocycles. The molecule has 1 saturated heterocycles. The molecule has 1 aliphatic rings. The van der Waals surface area contributed by atoms with Gasteiger partial charge < -0.3 is 10.1 Å². The first-order valence-electron chi connectivity index (χ1n) is 9.39. The van der Waals surface area contributed by atoms with Crippen molar-refractivity contribution in [2.75, 3.05) is 13.1 Å². The molecule has 7 heteroatoms. The van der Waals surface area contributed by atoms with Gasteiger partial charge in [0.05, 0.1) is 6.54 Å². The molecule has 0 radical (unpaired) electrons. The van der Waals surface area contributed by atoms with Crippen LogP contribution in [0.25, 0.3) is 0 Å². The van der Waals surface area contributed by atoms with Crippen LogP contribution >= 0.6 is 0 Å². The lowest BCUT2D eigenvalue weighted by molar-refractivity contribution is -0.124. The van der Waals surface area contributed by atoms with Crippen LogP contribution in [0.3, 0.4) is 0 Å². The summed E-state index contributed by atoms with van der Waals surface area (Å²) in [4.78, 5) is 38.6. The molecule has 0 saturated carbocycles. The zero-order valence-corrected chi connectivity index (χ0v) is 15.9. The summed E-state index contributed by atoms with van der Waals surface area (Å²) in [5.41, 5.74) is 2.51. The van der Waals surface area contributed by atoms with Crippen LogP contribution in [0.15, 0.2) is 54.6 Å². The van der Waals surface area contributed by atoms with E-state index in [-0.39, 0.29) is 24.8 Å². The van der Waals surface area contributed by atoms with Gasteiger partial charge in [-0.05, 0) is 18.4 Å². The number of rotatable bonds is 6. The lowest BCUT2D eigenvalue weighted by Crippen LogP contribution is -2.47. The van der Waals surface area contributed by atoms with Crippen LogP contribution < -0.4 is 10.8 Å². The van der Waals surface area contributed by atoms with Gasteiger partial charge in [0, 0.05) is 12.1 Å². The van der Waals surface area contributed by atoms with Gasteiger partial charge in [-0.2, -0.15) is 0 Å². The average molecular weight is 378 g/mol. The summed E-state index contributed by atoms with van der Waals surface area (Å²) in [6.45, 7) is 0.541. The maximum atomic E-state index is 12.5. The molecule has 3 rings (SSSR count). The van der Waals surface area contributed by atoms with Gasteiger partial charge in [0.1, 0.15) is 20.5 Å². The third kappa shape index (κ3) is 5.00. The van der Waals surface area contributed by atoms with Crippen LogP contribution in [-0.4, -0.2) is 49.7 Å². The van der Waals surface area contributed by atoms with E-state index in [0.717, 1.165) is 17.4 Å². The van der Waals surface area contributed by atoms with Crippen molar-refractivity contribution in [2.45, 2.75) is 25.5 Å². The minimum absolute atomic E-state index is 0.0920. The largest absolute Gasteiger partial charge is 0.445 e. The van der Waals surface area contributed by atoms with E-state index in [1.165, 1.54) is 4.90 Å². The second kappa shape index (κ2) is 9.22. The van der Waals surface area contributed by atoms with E-state index in [1.54, 1.807) is 12.1 Å². The van der Waals surface area contributed by atoms with E-state index in [4.69, 9.17) is 4.74 Å². The monoisotopic (exact) mass is 378 g/mol. The number of carbonyl (C=O) groups is 3. The van der Waals surface area contributed by atoms with Crippen LogP contribution in [0, 0.1) is 0 Å². The van der Waals surface area contributed by atoms with Crippen LogP contribution in [0.2, 0.25) is 0 Å². The molecule has 28 heavy (non-hydrogen) atoms. The van der Waals surface area contributed by atoms with Crippen LogP contribution in [0.5, 0.6) is 0 Å². The number of nitrogens with zero attached hydrogens (tertiary/aromatic N) is 1.